The Balaban J connectivity index is 2.01. The second-order valence-corrected chi connectivity index (χ2v) is 7.25. The Labute approximate surface area is 154 Å². The SMILES string of the molecule is CCNC(=NCc1sc(C)nc1C)NCC(C)c1ccccc1OC. The van der Waals surface area contributed by atoms with Gasteiger partial charge in [0.2, 0.25) is 0 Å². The van der Waals surface area contributed by atoms with Crippen LogP contribution >= 0.6 is 11.3 Å². The van der Waals surface area contributed by atoms with Crippen LogP contribution in [0.15, 0.2) is 29.3 Å². The van der Waals surface area contributed by atoms with Gasteiger partial charge in [-0.1, -0.05) is 25.1 Å². The fourth-order valence-electron chi connectivity index (χ4n) is 2.65. The highest BCUT2D eigenvalue weighted by molar-refractivity contribution is 7.11. The van der Waals surface area contributed by atoms with E-state index in [2.05, 4.69) is 35.5 Å². The van der Waals surface area contributed by atoms with Gasteiger partial charge in [0.1, 0.15) is 5.75 Å². The van der Waals surface area contributed by atoms with E-state index >= 15 is 0 Å². The molecule has 1 heterocycles. The standard InChI is InChI=1S/C19H28N4OS/c1-6-20-19(22-12-18-14(3)23-15(4)25-18)21-11-13(2)16-9-7-8-10-17(16)24-5/h7-10,13H,6,11-12H2,1-5H3,(H2,20,21,22). The highest BCUT2D eigenvalue weighted by Crippen LogP contribution is 2.25. The third kappa shape index (κ3) is 5.46. The molecule has 2 aromatic rings. The molecule has 0 aliphatic rings. The molecule has 0 aliphatic carbocycles. The van der Waals surface area contributed by atoms with Crippen molar-refractivity contribution >= 4 is 17.3 Å². The van der Waals surface area contributed by atoms with Crippen molar-refractivity contribution < 1.29 is 4.74 Å². The predicted molar refractivity (Wildman–Crippen MR) is 106 cm³/mol. The number of rotatable bonds is 7. The van der Waals surface area contributed by atoms with Gasteiger partial charge in [0.25, 0.3) is 0 Å². The molecule has 0 saturated heterocycles. The Morgan fingerprint density at radius 3 is 2.68 bits per heavy atom. The zero-order valence-electron chi connectivity index (χ0n) is 15.7. The number of ether oxygens (including phenoxy) is 1. The number of thiazole rings is 1. The first-order chi connectivity index (χ1) is 12.0. The molecular weight excluding hydrogens is 332 g/mol. The molecule has 136 valence electrons. The number of nitrogens with one attached hydrogen (secondary N) is 2. The summed E-state index contributed by atoms with van der Waals surface area (Å²) in [5, 5.41) is 7.83. The molecule has 1 unspecified atom stereocenters. The summed E-state index contributed by atoms with van der Waals surface area (Å²) in [6, 6.07) is 8.15. The van der Waals surface area contributed by atoms with Gasteiger partial charge in [-0.05, 0) is 32.4 Å². The van der Waals surface area contributed by atoms with E-state index in [1.54, 1.807) is 18.4 Å². The zero-order valence-corrected chi connectivity index (χ0v) is 16.5. The molecule has 0 bridgehead atoms. The molecule has 2 rings (SSSR count). The molecule has 0 fully saturated rings. The summed E-state index contributed by atoms with van der Waals surface area (Å²) in [4.78, 5) is 10.4. The quantitative estimate of drug-likeness (QED) is 0.585. The lowest BCUT2D eigenvalue weighted by molar-refractivity contribution is 0.406. The summed E-state index contributed by atoms with van der Waals surface area (Å²) in [6.07, 6.45) is 0. The van der Waals surface area contributed by atoms with E-state index in [4.69, 9.17) is 9.73 Å². The van der Waals surface area contributed by atoms with E-state index in [0.29, 0.717) is 12.5 Å². The summed E-state index contributed by atoms with van der Waals surface area (Å²) in [6.45, 7) is 10.6. The number of hydrogen-bond acceptors (Lipinski definition) is 4. The molecule has 0 spiro atoms. The molecule has 2 N–H and O–H groups in total. The first kappa shape index (κ1) is 19.2. The van der Waals surface area contributed by atoms with Crippen molar-refractivity contribution in [3.8, 4) is 5.75 Å². The maximum Gasteiger partial charge on any atom is 0.191 e. The van der Waals surface area contributed by atoms with Crippen molar-refractivity contribution in [1.82, 2.24) is 15.6 Å². The summed E-state index contributed by atoms with van der Waals surface area (Å²) in [5.41, 5.74) is 2.27. The maximum absolute atomic E-state index is 5.46. The van der Waals surface area contributed by atoms with Crippen LogP contribution in [-0.2, 0) is 6.54 Å². The van der Waals surface area contributed by atoms with Gasteiger partial charge in [-0.15, -0.1) is 11.3 Å². The molecule has 25 heavy (non-hydrogen) atoms. The summed E-state index contributed by atoms with van der Waals surface area (Å²) in [7, 11) is 1.71. The third-order valence-corrected chi connectivity index (χ3v) is 5.03. The normalized spacial score (nSPS) is 12.8. The first-order valence-corrected chi connectivity index (χ1v) is 9.44. The van der Waals surface area contributed by atoms with Gasteiger partial charge in [-0.3, -0.25) is 0 Å². The molecule has 1 aromatic carbocycles. The Morgan fingerprint density at radius 2 is 2.04 bits per heavy atom. The smallest absolute Gasteiger partial charge is 0.191 e. The minimum atomic E-state index is 0.312. The van der Waals surface area contributed by atoms with Crippen LogP contribution in [0.5, 0.6) is 5.75 Å². The molecule has 1 aromatic heterocycles. The molecule has 6 heteroatoms. The first-order valence-electron chi connectivity index (χ1n) is 8.63. The zero-order chi connectivity index (χ0) is 18.2. The van der Waals surface area contributed by atoms with Crippen molar-refractivity contribution in [2.24, 2.45) is 4.99 Å². The van der Waals surface area contributed by atoms with Crippen LogP contribution in [0.25, 0.3) is 0 Å². The molecule has 5 nitrogen and oxygen atoms in total. The fraction of sp³-hybridized carbons (Fsp3) is 0.474. The topological polar surface area (TPSA) is 58.5 Å². The number of aromatic nitrogens is 1. The lowest BCUT2D eigenvalue weighted by atomic mass is 10.0. The van der Waals surface area contributed by atoms with E-state index in [-0.39, 0.29) is 0 Å². The van der Waals surface area contributed by atoms with Crippen LogP contribution in [0.4, 0.5) is 0 Å². The highest BCUT2D eigenvalue weighted by Gasteiger charge is 2.11. The monoisotopic (exact) mass is 360 g/mol. The number of aliphatic imine (C=N–C) groups is 1. The summed E-state index contributed by atoms with van der Waals surface area (Å²) >= 11 is 1.71. The molecule has 0 radical (unpaired) electrons. The molecule has 0 aliphatic heterocycles. The number of para-hydroxylation sites is 1. The van der Waals surface area contributed by atoms with Crippen LogP contribution in [0.3, 0.4) is 0 Å². The molecule has 1 atom stereocenters. The number of benzene rings is 1. The van der Waals surface area contributed by atoms with Gasteiger partial charge in [-0.25, -0.2) is 9.98 Å². The number of nitrogens with zero attached hydrogens (tertiary/aromatic N) is 2. The molecular formula is C19H28N4OS. The second-order valence-electron chi connectivity index (χ2n) is 5.96. The fourth-order valence-corrected chi connectivity index (χ4v) is 3.51. The van der Waals surface area contributed by atoms with E-state index in [9.17, 15) is 0 Å². The van der Waals surface area contributed by atoms with Crippen LogP contribution in [0.1, 0.15) is 40.9 Å². The van der Waals surface area contributed by atoms with Crippen LogP contribution < -0.4 is 15.4 Å². The number of hydrogen-bond donors (Lipinski definition) is 2. The van der Waals surface area contributed by atoms with Gasteiger partial charge in [-0.2, -0.15) is 0 Å². The number of guanidine groups is 1. The summed E-state index contributed by atoms with van der Waals surface area (Å²) in [5.74, 6) is 2.07. The number of aryl methyl sites for hydroxylation is 2. The van der Waals surface area contributed by atoms with Crippen molar-refractivity contribution in [2.45, 2.75) is 40.2 Å². The maximum atomic E-state index is 5.46. The number of methoxy groups -OCH3 is 1. The average molecular weight is 361 g/mol. The third-order valence-electron chi connectivity index (χ3n) is 3.97. The lowest BCUT2D eigenvalue weighted by Crippen LogP contribution is -2.39. The Morgan fingerprint density at radius 1 is 1.28 bits per heavy atom. The van der Waals surface area contributed by atoms with E-state index in [1.807, 2.05) is 32.0 Å². The van der Waals surface area contributed by atoms with Gasteiger partial charge in [0.05, 0.1) is 24.4 Å². The van der Waals surface area contributed by atoms with Gasteiger partial charge in [0, 0.05) is 23.9 Å². The minimum Gasteiger partial charge on any atom is -0.496 e. The Bertz CT molecular complexity index is 711. The summed E-state index contributed by atoms with van der Waals surface area (Å²) < 4.78 is 5.46. The molecule has 0 saturated carbocycles. The van der Waals surface area contributed by atoms with Crippen LogP contribution in [0, 0.1) is 13.8 Å². The van der Waals surface area contributed by atoms with Crippen molar-refractivity contribution in [3.63, 3.8) is 0 Å². The van der Waals surface area contributed by atoms with Crippen molar-refractivity contribution in [2.75, 3.05) is 20.2 Å². The van der Waals surface area contributed by atoms with Crippen molar-refractivity contribution in [1.29, 1.82) is 0 Å². The van der Waals surface area contributed by atoms with E-state index in [0.717, 1.165) is 35.5 Å². The molecule has 0 amide bonds. The highest BCUT2D eigenvalue weighted by atomic mass is 32.1. The average Bonchev–Trinajstić information content (AvgIpc) is 2.94. The Kier molecular flexibility index (Phi) is 7.25. The predicted octanol–water partition coefficient (Wildman–Crippen LogP) is 3.63. The van der Waals surface area contributed by atoms with Gasteiger partial charge >= 0.3 is 0 Å². The van der Waals surface area contributed by atoms with Gasteiger partial charge < -0.3 is 15.4 Å². The van der Waals surface area contributed by atoms with E-state index < -0.39 is 0 Å². The van der Waals surface area contributed by atoms with E-state index in [1.165, 1.54) is 10.4 Å². The largest absolute Gasteiger partial charge is 0.496 e. The lowest BCUT2D eigenvalue weighted by Gasteiger charge is -2.18. The van der Waals surface area contributed by atoms with Crippen LogP contribution in [0.2, 0.25) is 0 Å². The van der Waals surface area contributed by atoms with Gasteiger partial charge in [0.15, 0.2) is 5.96 Å². The Hall–Kier alpha value is -2.08. The van der Waals surface area contributed by atoms with Crippen LogP contribution in [-0.4, -0.2) is 31.1 Å². The minimum absolute atomic E-state index is 0.312. The van der Waals surface area contributed by atoms with Crippen molar-refractivity contribution in [3.05, 3.63) is 45.4 Å². The second kappa shape index (κ2) is 9.42.